The van der Waals surface area contributed by atoms with Crippen LogP contribution in [0.25, 0.3) is 0 Å². The van der Waals surface area contributed by atoms with Crippen LogP contribution in [0.1, 0.15) is 18.5 Å². The van der Waals surface area contributed by atoms with Crippen molar-refractivity contribution in [2.24, 2.45) is 0 Å². The number of nitrogens with one attached hydrogen (secondary N) is 1. The van der Waals surface area contributed by atoms with E-state index in [0.29, 0.717) is 22.7 Å². The number of nitro benzene ring substituents is 1. The monoisotopic (exact) mass is 389 g/mol. The summed E-state index contributed by atoms with van der Waals surface area (Å²) < 4.78 is 16.7. The van der Waals surface area contributed by atoms with E-state index in [1.165, 1.54) is 32.4 Å². The Bertz CT molecular complexity index is 872. The van der Waals surface area contributed by atoms with Gasteiger partial charge in [-0.05, 0) is 25.1 Å². The first-order valence-electron chi connectivity index (χ1n) is 8.64. The molecule has 1 aliphatic heterocycles. The van der Waals surface area contributed by atoms with E-state index in [0.717, 1.165) is 0 Å². The van der Waals surface area contributed by atoms with Gasteiger partial charge in [0.15, 0.2) is 11.9 Å². The van der Waals surface area contributed by atoms with Gasteiger partial charge in [0.05, 0.1) is 22.3 Å². The molecule has 3 rings (SSSR count). The van der Waals surface area contributed by atoms with Crippen molar-refractivity contribution < 1.29 is 24.2 Å². The van der Waals surface area contributed by atoms with Gasteiger partial charge < -0.3 is 30.4 Å². The Kier molecular flexibility index (Phi) is 5.41. The maximum absolute atomic E-state index is 11.2. The zero-order chi connectivity index (χ0) is 20.5. The van der Waals surface area contributed by atoms with Crippen molar-refractivity contribution in [3.05, 3.63) is 58.1 Å². The molecule has 1 aliphatic rings. The lowest BCUT2D eigenvalue weighted by Gasteiger charge is -2.46. The number of nitrogens with two attached hydrogens (primary N) is 1. The maximum atomic E-state index is 11.2. The molecule has 0 aromatic heterocycles. The Morgan fingerprint density at radius 2 is 1.96 bits per heavy atom. The molecular formula is C19H23N3O6. The molecule has 1 heterocycles. The minimum atomic E-state index is -1.28. The van der Waals surface area contributed by atoms with E-state index in [-0.39, 0.29) is 5.69 Å². The van der Waals surface area contributed by atoms with E-state index in [2.05, 4.69) is 5.32 Å². The van der Waals surface area contributed by atoms with Gasteiger partial charge in [-0.3, -0.25) is 10.1 Å². The molecule has 0 radical (unpaired) electrons. The number of nitrogens with zero attached hydrogens (tertiary/aromatic N) is 1. The summed E-state index contributed by atoms with van der Waals surface area (Å²) in [6.45, 7) is 1.66. The van der Waals surface area contributed by atoms with Gasteiger partial charge in [0.1, 0.15) is 11.9 Å². The average molecular weight is 389 g/mol. The van der Waals surface area contributed by atoms with Gasteiger partial charge in [-0.25, -0.2) is 0 Å². The fraction of sp³-hybridized carbons (Fsp3) is 0.368. The Hall–Kier alpha value is -2.88. The highest BCUT2D eigenvalue weighted by molar-refractivity contribution is 5.67. The van der Waals surface area contributed by atoms with E-state index in [9.17, 15) is 15.2 Å². The van der Waals surface area contributed by atoms with Gasteiger partial charge in [0, 0.05) is 31.9 Å². The van der Waals surface area contributed by atoms with Gasteiger partial charge >= 0.3 is 0 Å². The molecule has 2 aromatic rings. The highest BCUT2D eigenvalue weighted by Crippen LogP contribution is 2.45. The summed E-state index contributed by atoms with van der Waals surface area (Å²) in [6.07, 6.45) is -2.06. The summed E-state index contributed by atoms with van der Waals surface area (Å²) in [7, 11) is 2.89. The number of aliphatic hydroxyl groups excluding tert-OH is 1. The molecule has 0 saturated heterocycles. The number of fused-ring (bicyclic) bond motifs is 1. The molecular weight excluding hydrogens is 366 g/mol. The molecule has 150 valence electrons. The fourth-order valence-corrected chi connectivity index (χ4v) is 3.49. The number of aliphatic hydroxyl groups is 1. The van der Waals surface area contributed by atoms with Crippen LogP contribution in [0.3, 0.4) is 0 Å². The van der Waals surface area contributed by atoms with Crippen molar-refractivity contribution in [2.45, 2.75) is 31.0 Å². The molecule has 3 atom stereocenters. The zero-order valence-electron chi connectivity index (χ0n) is 15.8. The number of methoxy groups -OCH3 is 2. The second-order valence-corrected chi connectivity index (χ2v) is 6.72. The standard InChI is InChI=1S/C19H23N3O6/c1-19(18(26-2)27-3)17(23)16(21-14-7-5-4-6-13(14)20)12-10-11(22(24)25)8-9-15(12)28-19/h4-10,16-18,21,23H,20H2,1-3H3/t16-,17+,19+/m1/s1. The smallest absolute Gasteiger partial charge is 0.270 e. The summed E-state index contributed by atoms with van der Waals surface area (Å²) >= 11 is 0. The molecule has 4 N–H and O–H groups in total. The number of benzene rings is 2. The van der Waals surface area contributed by atoms with E-state index in [1.807, 2.05) is 0 Å². The SMILES string of the molecule is COC(OC)[C@@]1(C)Oc2ccc([N+](=O)[O-])cc2[C@@H](Nc2ccccc2N)[C@@H]1O. The topological polar surface area (TPSA) is 129 Å². The molecule has 0 unspecified atom stereocenters. The average Bonchev–Trinajstić information content (AvgIpc) is 2.67. The van der Waals surface area contributed by atoms with E-state index in [1.54, 1.807) is 31.2 Å². The van der Waals surface area contributed by atoms with Crippen LogP contribution < -0.4 is 15.8 Å². The van der Waals surface area contributed by atoms with Crippen LogP contribution in [-0.2, 0) is 9.47 Å². The second-order valence-electron chi connectivity index (χ2n) is 6.72. The number of nitro groups is 1. The number of rotatable bonds is 6. The van der Waals surface area contributed by atoms with Crippen LogP contribution in [0, 0.1) is 10.1 Å². The summed E-state index contributed by atoms with van der Waals surface area (Å²) in [5.74, 6) is 0.379. The van der Waals surface area contributed by atoms with Crippen LogP contribution in [0.4, 0.5) is 17.1 Å². The van der Waals surface area contributed by atoms with Crippen molar-refractivity contribution in [1.82, 2.24) is 0 Å². The van der Waals surface area contributed by atoms with Gasteiger partial charge in [-0.1, -0.05) is 12.1 Å². The molecule has 9 heteroatoms. The second kappa shape index (κ2) is 7.63. The molecule has 2 aromatic carbocycles. The van der Waals surface area contributed by atoms with E-state index in [4.69, 9.17) is 19.9 Å². The summed E-state index contributed by atoms with van der Waals surface area (Å²) in [6, 6.07) is 10.5. The molecule has 0 spiro atoms. The number of non-ortho nitro benzene ring substituents is 1. The number of hydrogen-bond donors (Lipinski definition) is 3. The number of para-hydroxylation sites is 2. The summed E-state index contributed by atoms with van der Waals surface area (Å²) in [5, 5.41) is 25.6. The Balaban J connectivity index is 2.12. The third-order valence-corrected chi connectivity index (χ3v) is 4.94. The van der Waals surface area contributed by atoms with Crippen molar-refractivity contribution in [3.8, 4) is 5.75 Å². The lowest BCUT2D eigenvalue weighted by molar-refractivity contribution is -0.385. The predicted molar refractivity (Wildman–Crippen MR) is 103 cm³/mol. The summed E-state index contributed by atoms with van der Waals surface area (Å²) in [5.41, 5.74) is 6.13. The molecule has 0 aliphatic carbocycles. The van der Waals surface area contributed by atoms with Gasteiger partial charge in [0.25, 0.3) is 5.69 Å². The fourth-order valence-electron chi connectivity index (χ4n) is 3.49. The zero-order valence-corrected chi connectivity index (χ0v) is 15.8. The number of nitrogen functional groups attached to an aromatic ring is 1. The van der Waals surface area contributed by atoms with Gasteiger partial charge in [-0.15, -0.1) is 0 Å². The minimum Gasteiger partial charge on any atom is -0.479 e. The van der Waals surface area contributed by atoms with Crippen LogP contribution in [-0.4, -0.2) is 42.2 Å². The normalized spacial score (nSPS) is 23.8. The largest absolute Gasteiger partial charge is 0.479 e. The lowest BCUT2D eigenvalue weighted by atomic mass is 9.84. The molecule has 0 bridgehead atoms. The maximum Gasteiger partial charge on any atom is 0.270 e. The lowest BCUT2D eigenvalue weighted by Crippen LogP contribution is -2.60. The number of ether oxygens (including phenoxy) is 3. The van der Waals surface area contributed by atoms with Crippen molar-refractivity contribution in [1.29, 1.82) is 0 Å². The molecule has 0 saturated carbocycles. The highest BCUT2D eigenvalue weighted by Gasteiger charge is 2.52. The van der Waals surface area contributed by atoms with Crippen LogP contribution in [0.2, 0.25) is 0 Å². The Labute approximate surface area is 162 Å². The first-order chi connectivity index (χ1) is 13.3. The van der Waals surface area contributed by atoms with Crippen LogP contribution in [0.15, 0.2) is 42.5 Å². The van der Waals surface area contributed by atoms with E-state index >= 15 is 0 Å². The van der Waals surface area contributed by atoms with Crippen molar-refractivity contribution in [3.63, 3.8) is 0 Å². The molecule has 0 amide bonds. The third kappa shape index (κ3) is 3.35. The molecule has 28 heavy (non-hydrogen) atoms. The highest BCUT2D eigenvalue weighted by atomic mass is 16.7. The first kappa shape index (κ1) is 19.9. The quantitative estimate of drug-likeness (QED) is 0.297. The first-order valence-corrected chi connectivity index (χ1v) is 8.64. The minimum absolute atomic E-state index is 0.110. The molecule has 0 fully saturated rings. The Morgan fingerprint density at radius 3 is 2.57 bits per heavy atom. The van der Waals surface area contributed by atoms with Crippen molar-refractivity contribution in [2.75, 3.05) is 25.3 Å². The number of anilines is 2. The van der Waals surface area contributed by atoms with Gasteiger partial charge in [0.2, 0.25) is 0 Å². The predicted octanol–water partition coefficient (Wildman–Crippen LogP) is 2.46. The van der Waals surface area contributed by atoms with Crippen LogP contribution >= 0.6 is 0 Å². The molecule has 9 nitrogen and oxygen atoms in total. The van der Waals surface area contributed by atoms with Crippen molar-refractivity contribution >= 4 is 17.1 Å². The number of hydrogen-bond acceptors (Lipinski definition) is 8. The summed E-state index contributed by atoms with van der Waals surface area (Å²) in [4.78, 5) is 10.7. The van der Waals surface area contributed by atoms with E-state index < -0.39 is 29.0 Å². The van der Waals surface area contributed by atoms with Gasteiger partial charge in [-0.2, -0.15) is 0 Å². The third-order valence-electron chi connectivity index (χ3n) is 4.94. The van der Waals surface area contributed by atoms with Crippen LogP contribution in [0.5, 0.6) is 5.75 Å². The Morgan fingerprint density at radius 1 is 1.29 bits per heavy atom.